The van der Waals surface area contributed by atoms with Crippen LogP contribution in [0.15, 0.2) is 41.7 Å². The molecule has 3 aromatic rings. The zero-order valence-corrected chi connectivity index (χ0v) is 22.9. The summed E-state index contributed by atoms with van der Waals surface area (Å²) < 4.78 is 15.9. The number of carbonyl (C=O) groups excluding carboxylic acids is 1. The summed E-state index contributed by atoms with van der Waals surface area (Å²) in [5, 5.41) is 12.3. The number of ether oxygens (including phenoxy) is 2. The molecular formula is C27H33BrN6O3. The van der Waals surface area contributed by atoms with Gasteiger partial charge in [0.1, 0.15) is 6.33 Å². The first-order valence-electron chi connectivity index (χ1n) is 13.2. The van der Waals surface area contributed by atoms with Gasteiger partial charge in [-0.3, -0.25) is 9.48 Å². The van der Waals surface area contributed by atoms with Crippen molar-refractivity contribution in [2.24, 2.45) is 17.3 Å². The molecule has 1 aromatic carbocycles. The van der Waals surface area contributed by atoms with Crippen LogP contribution in [-0.4, -0.2) is 43.7 Å². The number of amides is 1. The molecule has 1 amide bonds. The SMILES string of the molecule is CCOc1ccc(Cn2cc(NC(=O)C34CC5CC(C3)CC(n3cnc(Br)n3)(C5)C4)cn2)cc1OCC. The third-order valence-corrected chi connectivity index (χ3v) is 8.67. The Kier molecular flexibility index (Phi) is 6.25. The molecule has 4 bridgehead atoms. The summed E-state index contributed by atoms with van der Waals surface area (Å²) in [4.78, 5) is 18.1. The van der Waals surface area contributed by atoms with Gasteiger partial charge in [0.2, 0.25) is 10.6 Å². The molecule has 4 aliphatic rings. The highest BCUT2D eigenvalue weighted by Gasteiger charge is 2.61. The first-order valence-corrected chi connectivity index (χ1v) is 14.0. The van der Waals surface area contributed by atoms with Gasteiger partial charge in [0.25, 0.3) is 0 Å². The van der Waals surface area contributed by atoms with Gasteiger partial charge in [-0.2, -0.15) is 5.10 Å². The van der Waals surface area contributed by atoms with Gasteiger partial charge in [-0.1, -0.05) is 6.07 Å². The summed E-state index contributed by atoms with van der Waals surface area (Å²) in [6.45, 7) is 5.64. The second-order valence-corrected chi connectivity index (χ2v) is 11.7. The number of carbonyl (C=O) groups is 1. The summed E-state index contributed by atoms with van der Waals surface area (Å²) in [5.41, 5.74) is 1.30. The van der Waals surface area contributed by atoms with E-state index < -0.39 is 0 Å². The number of nitrogens with zero attached hydrogens (tertiary/aromatic N) is 5. The number of anilines is 1. The van der Waals surface area contributed by atoms with Gasteiger partial charge < -0.3 is 14.8 Å². The quantitative estimate of drug-likeness (QED) is 0.389. The molecule has 2 unspecified atom stereocenters. The van der Waals surface area contributed by atoms with Crippen molar-refractivity contribution in [1.82, 2.24) is 24.5 Å². The molecule has 4 saturated carbocycles. The Morgan fingerprint density at radius 3 is 2.59 bits per heavy atom. The number of benzene rings is 1. The summed E-state index contributed by atoms with van der Waals surface area (Å²) in [7, 11) is 0. The zero-order valence-electron chi connectivity index (χ0n) is 21.3. The van der Waals surface area contributed by atoms with Crippen molar-refractivity contribution in [2.75, 3.05) is 18.5 Å². The van der Waals surface area contributed by atoms with Crippen LogP contribution in [0.25, 0.3) is 0 Å². The molecule has 2 heterocycles. The van der Waals surface area contributed by atoms with Crippen LogP contribution >= 0.6 is 15.9 Å². The van der Waals surface area contributed by atoms with Crippen LogP contribution in [0.5, 0.6) is 11.5 Å². The lowest BCUT2D eigenvalue weighted by molar-refractivity contribution is -0.150. The van der Waals surface area contributed by atoms with E-state index >= 15 is 0 Å². The van der Waals surface area contributed by atoms with E-state index in [2.05, 4.69) is 36.4 Å². The predicted octanol–water partition coefficient (Wildman–Crippen LogP) is 5.02. The number of halogens is 1. The number of hydrogen-bond donors (Lipinski definition) is 1. The van der Waals surface area contributed by atoms with Crippen LogP contribution in [0, 0.1) is 17.3 Å². The Labute approximate surface area is 225 Å². The van der Waals surface area contributed by atoms with Crippen LogP contribution in [0.2, 0.25) is 0 Å². The van der Waals surface area contributed by atoms with E-state index in [1.165, 1.54) is 6.42 Å². The predicted molar refractivity (Wildman–Crippen MR) is 142 cm³/mol. The Morgan fingerprint density at radius 2 is 1.89 bits per heavy atom. The van der Waals surface area contributed by atoms with Crippen LogP contribution in [0.1, 0.15) is 57.9 Å². The van der Waals surface area contributed by atoms with Gasteiger partial charge in [0.05, 0.1) is 42.6 Å². The fourth-order valence-electron chi connectivity index (χ4n) is 7.38. The third kappa shape index (κ3) is 4.53. The van der Waals surface area contributed by atoms with E-state index in [0.717, 1.165) is 54.9 Å². The Hall–Kier alpha value is -2.88. The van der Waals surface area contributed by atoms with Gasteiger partial charge in [-0.15, -0.1) is 5.10 Å². The molecule has 0 saturated heterocycles. The first-order chi connectivity index (χ1) is 17.9. The van der Waals surface area contributed by atoms with Crippen molar-refractivity contribution in [3.05, 3.63) is 47.2 Å². The first kappa shape index (κ1) is 24.5. The minimum Gasteiger partial charge on any atom is -0.490 e. The highest BCUT2D eigenvalue weighted by Crippen LogP contribution is 2.64. The molecule has 2 aromatic heterocycles. The zero-order chi connectivity index (χ0) is 25.6. The van der Waals surface area contributed by atoms with Crippen molar-refractivity contribution in [3.63, 3.8) is 0 Å². The maximum Gasteiger partial charge on any atom is 0.230 e. The van der Waals surface area contributed by atoms with E-state index in [-0.39, 0.29) is 16.9 Å². The van der Waals surface area contributed by atoms with Gasteiger partial charge in [-0.25, -0.2) is 9.67 Å². The lowest BCUT2D eigenvalue weighted by Crippen LogP contribution is -2.60. The topological polar surface area (TPSA) is 96.1 Å². The lowest BCUT2D eigenvalue weighted by atomic mass is 9.46. The minimum atomic E-state index is -0.369. The number of hydrogen-bond acceptors (Lipinski definition) is 6. The summed E-state index contributed by atoms with van der Waals surface area (Å²) in [6, 6.07) is 5.95. The molecule has 37 heavy (non-hydrogen) atoms. The summed E-state index contributed by atoms with van der Waals surface area (Å²) in [6.07, 6.45) is 11.6. The van der Waals surface area contributed by atoms with E-state index in [0.29, 0.717) is 36.3 Å². The standard InChI is InChI=1S/C27H33BrN6O3/c1-3-36-22-6-5-18(8-23(22)37-4-2)14-33-15-21(13-30-33)31-24(35)26-9-19-7-20(10-26)12-27(11-19,16-26)34-17-29-25(28)32-34/h5-6,8,13,15,17,19-20H,3-4,7,9-12,14,16H2,1-2H3,(H,31,35). The molecule has 0 aliphatic heterocycles. The molecule has 0 radical (unpaired) electrons. The average molecular weight is 570 g/mol. The van der Waals surface area contributed by atoms with Crippen LogP contribution in [0.3, 0.4) is 0 Å². The molecule has 7 rings (SSSR count). The van der Waals surface area contributed by atoms with Crippen molar-refractivity contribution in [1.29, 1.82) is 0 Å². The van der Waals surface area contributed by atoms with E-state index in [4.69, 9.17) is 9.47 Å². The van der Waals surface area contributed by atoms with Crippen molar-refractivity contribution in [2.45, 2.75) is 64.5 Å². The fourth-order valence-corrected chi connectivity index (χ4v) is 7.64. The van der Waals surface area contributed by atoms with Crippen LogP contribution < -0.4 is 14.8 Å². The molecule has 0 spiro atoms. The maximum absolute atomic E-state index is 13.8. The van der Waals surface area contributed by atoms with E-state index in [1.54, 1.807) is 6.20 Å². The van der Waals surface area contributed by atoms with Gasteiger partial charge in [0.15, 0.2) is 11.5 Å². The van der Waals surface area contributed by atoms with Crippen molar-refractivity contribution >= 4 is 27.5 Å². The molecule has 4 fully saturated rings. The van der Waals surface area contributed by atoms with Crippen molar-refractivity contribution < 1.29 is 14.3 Å². The highest BCUT2D eigenvalue weighted by molar-refractivity contribution is 9.10. The van der Waals surface area contributed by atoms with Gasteiger partial charge in [0, 0.05) is 6.20 Å². The fraction of sp³-hybridized carbons (Fsp3) is 0.556. The third-order valence-electron chi connectivity index (χ3n) is 8.31. The maximum atomic E-state index is 13.8. The van der Waals surface area contributed by atoms with Crippen LogP contribution in [0.4, 0.5) is 5.69 Å². The summed E-state index contributed by atoms with van der Waals surface area (Å²) >= 11 is 3.40. The van der Waals surface area contributed by atoms with Crippen molar-refractivity contribution in [3.8, 4) is 11.5 Å². The minimum absolute atomic E-state index is 0.115. The second kappa shape index (κ2) is 9.45. The van der Waals surface area contributed by atoms with Gasteiger partial charge >= 0.3 is 0 Å². The number of aromatic nitrogens is 5. The summed E-state index contributed by atoms with van der Waals surface area (Å²) in [5.74, 6) is 2.70. The lowest BCUT2D eigenvalue weighted by Gasteiger charge is -2.60. The molecular weight excluding hydrogens is 536 g/mol. The van der Waals surface area contributed by atoms with E-state index in [1.807, 2.05) is 53.9 Å². The monoisotopic (exact) mass is 568 g/mol. The average Bonchev–Trinajstić information content (AvgIpc) is 3.49. The van der Waals surface area contributed by atoms with Gasteiger partial charge in [-0.05, 0) is 97.8 Å². The molecule has 10 heteroatoms. The molecule has 1 N–H and O–H groups in total. The highest BCUT2D eigenvalue weighted by atomic mass is 79.9. The Morgan fingerprint density at radius 1 is 1.14 bits per heavy atom. The smallest absolute Gasteiger partial charge is 0.230 e. The second-order valence-electron chi connectivity index (χ2n) is 11.0. The van der Waals surface area contributed by atoms with Crippen LogP contribution in [-0.2, 0) is 16.9 Å². The van der Waals surface area contributed by atoms with E-state index in [9.17, 15) is 4.79 Å². The molecule has 196 valence electrons. The molecule has 2 atom stereocenters. The normalized spacial score (nSPS) is 27.9. The Bertz CT molecular complexity index is 1290. The Balaban J connectivity index is 1.17. The number of nitrogens with one attached hydrogen (secondary N) is 1. The molecule has 9 nitrogen and oxygen atoms in total. The largest absolute Gasteiger partial charge is 0.490 e. The molecule has 4 aliphatic carbocycles. The number of rotatable bonds is 9.